The minimum atomic E-state index is -0.882. The van der Waals surface area contributed by atoms with Crippen molar-refractivity contribution in [1.29, 1.82) is 0 Å². The highest BCUT2D eigenvalue weighted by molar-refractivity contribution is 7.08. The Morgan fingerprint density at radius 2 is 2.00 bits per heavy atom. The standard InChI is InChI=1S/C19H20N2O4S/c1-19(14-7-8-26-12-14)9-17(23)21(18(19)24)11-16(22)20-10-13-3-5-15(25-2)6-4-13/h3-8,12H,9-11H2,1-2H3,(H,20,22). The van der Waals surface area contributed by atoms with Crippen molar-refractivity contribution in [3.8, 4) is 5.75 Å². The van der Waals surface area contributed by atoms with E-state index in [1.54, 1.807) is 26.2 Å². The number of hydrogen-bond donors (Lipinski definition) is 1. The lowest BCUT2D eigenvalue weighted by molar-refractivity contribution is -0.143. The lowest BCUT2D eigenvalue weighted by atomic mass is 9.83. The van der Waals surface area contributed by atoms with E-state index in [0.717, 1.165) is 21.8 Å². The Hall–Kier alpha value is -2.67. The number of carbonyl (C=O) groups excluding carboxylic acids is 3. The molecule has 2 aromatic rings. The Kier molecular flexibility index (Phi) is 5.08. The molecule has 1 atom stereocenters. The van der Waals surface area contributed by atoms with Crippen molar-refractivity contribution >= 4 is 29.1 Å². The van der Waals surface area contributed by atoms with E-state index in [0.29, 0.717) is 6.54 Å². The first-order valence-electron chi connectivity index (χ1n) is 8.21. The molecule has 0 spiro atoms. The van der Waals surface area contributed by atoms with Gasteiger partial charge in [0.15, 0.2) is 0 Å². The zero-order chi connectivity index (χ0) is 18.7. The van der Waals surface area contributed by atoms with Crippen LogP contribution in [0.25, 0.3) is 0 Å². The first kappa shape index (κ1) is 18.1. The van der Waals surface area contributed by atoms with Crippen LogP contribution in [0, 0.1) is 0 Å². The lowest BCUT2D eigenvalue weighted by Crippen LogP contribution is -2.42. The summed E-state index contributed by atoms with van der Waals surface area (Å²) in [4.78, 5) is 38.3. The van der Waals surface area contributed by atoms with Crippen LogP contribution < -0.4 is 10.1 Å². The Bertz CT molecular complexity index is 817. The van der Waals surface area contributed by atoms with Crippen LogP contribution in [0.1, 0.15) is 24.5 Å². The van der Waals surface area contributed by atoms with E-state index in [9.17, 15) is 14.4 Å². The predicted molar refractivity (Wildman–Crippen MR) is 97.8 cm³/mol. The van der Waals surface area contributed by atoms with Crippen molar-refractivity contribution in [2.24, 2.45) is 0 Å². The van der Waals surface area contributed by atoms with Gasteiger partial charge in [-0.3, -0.25) is 19.3 Å². The van der Waals surface area contributed by atoms with Gasteiger partial charge in [-0.15, -0.1) is 0 Å². The molecule has 1 aromatic heterocycles. The van der Waals surface area contributed by atoms with Gasteiger partial charge in [-0.25, -0.2) is 0 Å². The second-order valence-electron chi connectivity index (χ2n) is 6.43. The molecule has 1 unspecified atom stereocenters. The van der Waals surface area contributed by atoms with Gasteiger partial charge in [0.2, 0.25) is 17.7 Å². The molecule has 1 aliphatic heterocycles. The van der Waals surface area contributed by atoms with Gasteiger partial charge in [0.1, 0.15) is 12.3 Å². The largest absolute Gasteiger partial charge is 0.497 e. The van der Waals surface area contributed by atoms with Crippen LogP contribution in [0.15, 0.2) is 41.1 Å². The van der Waals surface area contributed by atoms with Crippen LogP contribution in [0.4, 0.5) is 0 Å². The van der Waals surface area contributed by atoms with Crippen molar-refractivity contribution in [2.45, 2.75) is 25.3 Å². The van der Waals surface area contributed by atoms with Crippen molar-refractivity contribution in [1.82, 2.24) is 10.2 Å². The van der Waals surface area contributed by atoms with E-state index >= 15 is 0 Å². The topological polar surface area (TPSA) is 75.7 Å². The number of likely N-dealkylation sites (tertiary alicyclic amines) is 1. The highest BCUT2D eigenvalue weighted by Gasteiger charge is 2.49. The fraction of sp³-hybridized carbons (Fsp3) is 0.316. The quantitative estimate of drug-likeness (QED) is 0.788. The van der Waals surface area contributed by atoms with Gasteiger partial charge in [-0.1, -0.05) is 12.1 Å². The fourth-order valence-corrected chi connectivity index (χ4v) is 3.78. The third-order valence-corrected chi connectivity index (χ3v) is 5.32. The van der Waals surface area contributed by atoms with Gasteiger partial charge in [0.05, 0.1) is 12.5 Å². The summed E-state index contributed by atoms with van der Waals surface area (Å²) in [5.41, 5.74) is 0.844. The summed E-state index contributed by atoms with van der Waals surface area (Å²) in [6, 6.07) is 9.16. The summed E-state index contributed by atoms with van der Waals surface area (Å²) in [6.07, 6.45) is 0.0916. The number of ether oxygens (including phenoxy) is 1. The molecule has 1 fully saturated rings. The number of thiophene rings is 1. The number of rotatable bonds is 6. The van der Waals surface area contributed by atoms with E-state index < -0.39 is 5.41 Å². The van der Waals surface area contributed by atoms with Gasteiger partial charge in [0, 0.05) is 13.0 Å². The molecule has 0 aliphatic carbocycles. The number of benzene rings is 1. The molecule has 6 nitrogen and oxygen atoms in total. The summed E-state index contributed by atoms with van der Waals surface area (Å²) in [7, 11) is 1.59. The Balaban J connectivity index is 1.60. The summed E-state index contributed by atoms with van der Waals surface area (Å²) in [5.74, 6) is -0.262. The predicted octanol–water partition coefficient (Wildman–Crippen LogP) is 2.09. The molecule has 1 N–H and O–H groups in total. The van der Waals surface area contributed by atoms with E-state index in [1.807, 2.05) is 29.0 Å². The first-order valence-corrected chi connectivity index (χ1v) is 9.15. The Morgan fingerprint density at radius 3 is 2.62 bits per heavy atom. The normalized spacial score (nSPS) is 19.7. The Labute approximate surface area is 155 Å². The van der Waals surface area contributed by atoms with Gasteiger partial charge in [-0.05, 0) is 47.0 Å². The third-order valence-electron chi connectivity index (χ3n) is 4.63. The Morgan fingerprint density at radius 1 is 1.27 bits per heavy atom. The molecule has 1 aromatic carbocycles. The number of nitrogens with one attached hydrogen (secondary N) is 1. The molecular formula is C19H20N2O4S. The van der Waals surface area contributed by atoms with E-state index in [1.165, 1.54) is 11.3 Å². The summed E-state index contributed by atoms with van der Waals surface area (Å²) in [6.45, 7) is 1.82. The molecule has 136 valence electrons. The van der Waals surface area contributed by atoms with Crippen molar-refractivity contribution in [3.63, 3.8) is 0 Å². The molecule has 0 bridgehead atoms. The number of nitrogens with zero attached hydrogens (tertiary/aromatic N) is 1. The highest BCUT2D eigenvalue weighted by Crippen LogP contribution is 2.37. The third kappa shape index (κ3) is 3.48. The summed E-state index contributed by atoms with van der Waals surface area (Å²) >= 11 is 1.48. The van der Waals surface area contributed by atoms with E-state index in [4.69, 9.17) is 4.74 Å². The number of hydrogen-bond acceptors (Lipinski definition) is 5. The maximum Gasteiger partial charge on any atom is 0.240 e. The SMILES string of the molecule is COc1ccc(CNC(=O)CN2C(=O)CC(C)(c3ccsc3)C2=O)cc1. The monoisotopic (exact) mass is 372 g/mol. The number of carbonyl (C=O) groups is 3. The molecule has 3 rings (SSSR count). The van der Waals surface area contributed by atoms with Gasteiger partial charge >= 0.3 is 0 Å². The summed E-state index contributed by atoms with van der Waals surface area (Å²) in [5, 5.41) is 6.49. The van der Waals surface area contributed by atoms with E-state index in [-0.39, 0.29) is 30.7 Å². The van der Waals surface area contributed by atoms with Gasteiger partial charge < -0.3 is 10.1 Å². The number of imide groups is 1. The highest BCUT2D eigenvalue weighted by atomic mass is 32.1. The molecule has 2 heterocycles. The minimum Gasteiger partial charge on any atom is -0.497 e. The maximum absolute atomic E-state index is 12.7. The van der Waals surface area contributed by atoms with Crippen LogP contribution in [0.3, 0.4) is 0 Å². The molecule has 7 heteroatoms. The zero-order valence-electron chi connectivity index (χ0n) is 14.7. The second kappa shape index (κ2) is 7.29. The average Bonchev–Trinajstić information content (AvgIpc) is 3.25. The van der Waals surface area contributed by atoms with Crippen molar-refractivity contribution in [2.75, 3.05) is 13.7 Å². The molecule has 26 heavy (non-hydrogen) atoms. The maximum atomic E-state index is 12.7. The number of amides is 3. The van der Waals surface area contributed by atoms with Crippen LogP contribution in [0.2, 0.25) is 0 Å². The fourth-order valence-electron chi connectivity index (χ4n) is 2.99. The van der Waals surface area contributed by atoms with E-state index in [2.05, 4.69) is 5.32 Å². The molecule has 1 saturated heterocycles. The molecule has 0 radical (unpaired) electrons. The zero-order valence-corrected chi connectivity index (χ0v) is 15.5. The minimum absolute atomic E-state index is 0.0916. The summed E-state index contributed by atoms with van der Waals surface area (Å²) < 4.78 is 5.09. The number of methoxy groups -OCH3 is 1. The molecule has 1 aliphatic rings. The van der Waals surface area contributed by atoms with Gasteiger partial charge in [-0.2, -0.15) is 11.3 Å². The van der Waals surface area contributed by atoms with Crippen molar-refractivity contribution < 1.29 is 19.1 Å². The van der Waals surface area contributed by atoms with Crippen molar-refractivity contribution in [3.05, 3.63) is 52.2 Å². The van der Waals surface area contributed by atoms with Crippen LogP contribution in [-0.2, 0) is 26.3 Å². The first-order chi connectivity index (χ1) is 12.4. The van der Waals surface area contributed by atoms with Crippen LogP contribution in [-0.4, -0.2) is 36.3 Å². The lowest BCUT2D eigenvalue weighted by Gasteiger charge is -2.21. The van der Waals surface area contributed by atoms with Gasteiger partial charge in [0.25, 0.3) is 0 Å². The average molecular weight is 372 g/mol. The van der Waals surface area contributed by atoms with Crippen LogP contribution in [0.5, 0.6) is 5.75 Å². The smallest absolute Gasteiger partial charge is 0.240 e. The van der Waals surface area contributed by atoms with Crippen LogP contribution >= 0.6 is 11.3 Å². The molecule has 0 saturated carbocycles. The molecule has 3 amide bonds. The second-order valence-corrected chi connectivity index (χ2v) is 7.21. The molecular weight excluding hydrogens is 352 g/mol.